The van der Waals surface area contributed by atoms with Gasteiger partial charge >= 0.3 is 5.97 Å². The van der Waals surface area contributed by atoms with Crippen LogP contribution in [0.5, 0.6) is 5.75 Å². The van der Waals surface area contributed by atoms with Crippen molar-refractivity contribution in [1.29, 1.82) is 0 Å². The molecular weight excluding hydrogens is 430 g/mol. The molecule has 0 amide bonds. The molecule has 0 N–H and O–H groups in total. The number of rotatable bonds is 8. The Morgan fingerprint density at radius 1 is 1.00 bits per heavy atom. The van der Waals surface area contributed by atoms with Crippen molar-refractivity contribution < 1.29 is 14.3 Å². The molecule has 0 bridgehead atoms. The normalized spacial score (nSPS) is 11.0. The van der Waals surface area contributed by atoms with E-state index < -0.39 is 0 Å². The van der Waals surface area contributed by atoms with E-state index in [-0.39, 0.29) is 5.97 Å². The van der Waals surface area contributed by atoms with Crippen molar-refractivity contribution in [1.82, 2.24) is 24.8 Å². The van der Waals surface area contributed by atoms with Crippen LogP contribution < -0.4 is 4.74 Å². The third-order valence-electron chi connectivity index (χ3n) is 6.04. The highest BCUT2D eigenvalue weighted by atomic mass is 16.5. The van der Waals surface area contributed by atoms with Crippen LogP contribution in [0.1, 0.15) is 41.2 Å². The van der Waals surface area contributed by atoms with Gasteiger partial charge in [-0.3, -0.25) is 0 Å². The molecule has 0 saturated heterocycles. The Hall–Kier alpha value is -3.94. The molecule has 8 heteroatoms. The van der Waals surface area contributed by atoms with E-state index in [1.807, 2.05) is 67.1 Å². The minimum Gasteiger partial charge on any atom is -0.497 e. The maximum Gasteiger partial charge on any atom is 0.355 e. The van der Waals surface area contributed by atoms with E-state index in [9.17, 15) is 4.79 Å². The second-order valence-corrected chi connectivity index (χ2v) is 8.01. The van der Waals surface area contributed by atoms with E-state index in [2.05, 4.69) is 29.4 Å². The average molecular weight is 460 g/mol. The van der Waals surface area contributed by atoms with Gasteiger partial charge in [-0.15, -0.1) is 5.10 Å². The van der Waals surface area contributed by atoms with Gasteiger partial charge in [0.15, 0.2) is 5.82 Å². The zero-order valence-corrected chi connectivity index (χ0v) is 20.2. The zero-order chi connectivity index (χ0) is 24.2. The van der Waals surface area contributed by atoms with Crippen LogP contribution in [-0.2, 0) is 24.8 Å². The first-order valence-corrected chi connectivity index (χ1v) is 11.3. The Bertz CT molecular complexity index is 1290. The van der Waals surface area contributed by atoms with E-state index in [1.54, 1.807) is 11.8 Å². The number of methoxy groups -OCH3 is 1. The van der Waals surface area contributed by atoms with Crippen molar-refractivity contribution in [2.45, 2.75) is 33.7 Å². The van der Waals surface area contributed by atoms with Crippen LogP contribution in [0.2, 0.25) is 0 Å². The third-order valence-corrected chi connectivity index (χ3v) is 6.04. The lowest BCUT2D eigenvalue weighted by Crippen LogP contribution is -2.12. The molecule has 34 heavy (non-hydrogen) atoms. The van der Waals surface area contributed by atoms with Gasteiger partial charge in [-0.05, 0) is 59.5 Å². The van der Waals surface area contributed by atoms with Crippen molar-refractivity contribution in [2.75, 3.05) is 13.7 Å². The number of carbonyl (C=O) groups excluding carboxylic acids is 1. The Balaban J connectivity index is 1.67. The van der Waals surface area contributed by atoms with Crippen LogP contribution in [0.3, 0.4) is 0 Å². The molecule has 4 rings (SSSR count). The van der Waals surface area contributed by atoms with E-state index in [0.29, 0.717) is 24.7 Å². The van der Waals surface area contributed by atoms with Crippen LogP contribution in [-0.4, -0.2) is 44.5 Å². The Labute approximate surface area is 199 Å². The molecule has 0 atom stereocenters. The van der Waals surface area contributed by atoms with Gasteiger partial charge in [0, 0.05) is 23.9 Å². The van der Waals surface area contributed by atoms with E-state index >= 15 is 0 Å². The third kappa shape index (κ3) is 4.31. The summed E-state index contributed by atoms with van der Waals surface area (Å²) in [6.45, 7) is 6.84. The van der Waals surface area contributed by atoms with Gasteiger partial charge in [0.2, 0.25) is 0 Å². The fourth-order valence-corrected chi connectivity index (χ4v) is 4.38. The minimum absolute atomic E-state index is 0.310. The minimum atomic E-state index is -0.310. The van der Waals surface area contributed by atoms with Gasteiger partial charge in [0.25, 0.3) is 0 Å². The molecular formula is C26H29N5O3. The largest absolute Gasteiger partial charge is 0.497 e. The SMILES string of the molecule is CCOC(=O)c1c(-c2ccc(-c3nnnn3Cc3ccc(OC)cc3)cc2)c(C)c(CC)n1C. The summed E-state index contributed by atoms with van der Waals surface area (Å²) in [6, 6.07) is 15.8. The number of carbonyl (C=O) groups is 1. The maximum atomic E-state index is 12.8. The summed E-state index contributed by atoms with van der Waals surface area (Å²) in [5, 5.41) is 12.3. The molecule has 0 unspecified atom stereocenters. The van der Waals surface area contributed by atoms with Gasteiger partial charge in [-0.2, -0.15) is 0 Å². The first kappa shape index (κ1) is 23.2. The summed E-state index contributed by atoms with van der Waals surface area (Å²) in [4.78, 5) is 12.8. The lowest BCUT2D eigenvalue weighted by molar-refractivity contribution is 0.0516. The van der Waals surface area contributed by atoms with Crippen molar-refractivity contribution in [3.63, 3.8) is 0 Å². The molecule has 176 valence electrons. The molecule has 4 aromatic rings. The summed E-state index contributed by atoms with van der Waals surface area (Å²) in [7, 11) is 3.57. The van der Waals surface area contributed by atoms with Crippen LogP contribution in [0.15, 0.2) is 48.5 Å². The second kappa shape index (κ2) is 9.91. The summed E-state index contributed by atoms with van der Waals surface area (Å²) >= 11 is 0. The zero-order valence-electron chi connectivity index (χ0n) is 20.2. The fourth-order valence-electron chi connectivity index (χ4n) is 4.38. The lowest BCUT2D eigenvalue weighted by Gasteiger charge is -2.09. The summed E-state index contributed by atoms with van der Waals surface area (Å²) in [5.41, 5.74) is 6.60. The number of esters is 1. The highest BCUT2D eigenvalue weighted by Crippen LogP contribution is 2.34. The monoisotopic (exact) mass is 459 g/mol. The Morgan fingerprint density at radius 2 is 1.68 bits per heavy atom. The molecule has 0 saturated carbocycles. The predicted molar refractivity (Wildman–Crippen MR) is 130 cm³/mol. The van der Waals surface area contributed by atoms with Crippen LogP contribution in [0, 0.1) is 6.92 Å². The van der Waals surface area contributed by atoms with E-state index in [4.69, 9.17) is 9.47 Å². The maximum absolute atomic E-state index is 12.8. The van der Waals surface area contributed by atoms with Crippen molar-refractivity contribution in [3.8, 4) is 28.3 Å². The molecule has 0 aliphatic heterocycles. The number of benzene rings is 2. The smallest absolute Gasteiger partial charge is 0.355 e. The lowest BCUT2D eigenvalue weighted by atomic mass is 9.99. The predicted octanol–water partition coefficient (Wildman–Crippen LogP) is 4.45. The molecule has 8 nitrogen and oxygen atoms in total. The molecule has 2 aromatic carbocycles. The Kier molecular flexibility index (Phi) is 6.77. The highest BCUT2D eigenvalue weighted by molar-refractivity contribution is 5.97. The number of nitrogens with zero attached hydrogens (tertiary/aromatic N) is 5. The highest BCUT2D eigenvalue weighted by Gasteiger charge is 2.24. The summed E-state index contributed by atoms with van der Waals surface area (Å²) in [6.07, 6.45) is 0.826. The van der Waals surface area contributed by atoms with E-state index in [1.165, 1.54) is 0 Å². The van der Waals surface area contributed by atoms with Gasteiger partial charge in [0.05, 0.1) is 20.3 Å². The van der Waals surface area contributed by atoms with Crippen LogP contribution in [0.4, 0.5) is 0 Å². The summed E-state index contributed by atoms with van der Waals surface area (Å²) < 4.78 is 14.3. The number of ether oxygens (including phenoxy) is 2. The number of hydrogen-bond acceptors (Lipinski definition) is 6. The van der Waals surface area contributed by atoms with Gasteiger partial charge in [-0.25, -0.2) is 9.48 Å². The molecule has 2 aromatic heterocycles. The van der Waals surface area contributed by atoms with Gasteiger partial charge in [0.1, 0.15) is 11.4 Å². The standard InChI is InChI=1S/C26H29N5O3/c1-6-22-17(3)23(24(30(22)4)26(32)34-7-2)19-10-12-20(13-11-19)25-27-28-29-31(25)16-18-8-14-21(33-5)15-9-18/h8-15H,6-7,16H2,1-5H3. The first-order chi connectivity index (χ1) is 16.5. The molecule has 2 heterocycles. The molecule has 0 aliphatic carbocycles. The van der Waals surface area contributed by atoms with Crippen LogP contribution in [0.25, 0.3) is 22.5 Å². The first-order valence-electron chi connectivity index (χ1n) is 11.3. The Morgan fingerprint density at radius 3 is 2.29 bits per heavy atom. The van der Waals surface area contributed by atoms with Crippen molar-refractivity contribution >= 4 is 5.97 Å². The number of aromatic nitrogens is 5. The van der Waals surface area contributed by atoms with Crippen LogP contribution >= 0.6 is 0 Å². The average Bonchev–Trinajstić information content (AvgIpc) is 3.41. The van der Waals surface area contributed by atoms with Crippen molar-refractivity contribution in [3.05, 3.63) is 71.0 Å². The quantitative estimate of drug-likeness (QED) is 0.362. The fraction of sp³-hybridized carbons (Fsp3) is 0.308. The van der Waals surface area contributed by atoms with Gasteiger partial charge < -0.3 is 14.0 Å². The van der Waals surface area contributed by atoms with E-state index in [0.717, 1.165) is 45.7 Å². The number of hydrogen-bond donors (Lipinski definition) is 0. The molecule has 0 aliphatic rings. The van der Waals surface area contributed by atoms with Crippen molar-refractivity contribution in [2.24, 2.45) is 7.05 Å². The van der Waals surface area contributed by atoms with Gasteiger partial charge in [-0.1, -0.05) is 43.3 Å². The number of tetrazole rings is 1. The molecule has 0 radical (unpaired) electrons. The topological polar surface area (TPSA) is 84.1 Å². The summed E-state index contributed by atoms with van der Waals surface area (Å²) in [5.74, 6) is 1.17. The molecule has 0 fully saturated rings. The molecule has 0 spiro atoms. The second-order valence-electron chi connectivity index (χ2n) is 8.01.